The first-order valence-corrected chi connectivity index (χ1v) is 11.5. The number of rotatable bonds is 6. The summed E-state index contributed by atoms with van der Waals surface area (Å²) in [5.74, 6) is 0.785. The summed E-state index contributed by atoms with van der Waals surface area (Å²) in [6, 6.07) is 0. The average Bonchev–Trinajstić information content (AvgIpc) is 3.17. The van der Waals surface area contributed by atoms with Gasteiger partial charge in [-0.3, -0.25) is 0 Å². The fraction of sp³-hybridized carbons (Fsp3) is 0.519. The quantitative estimate of drug-likeness (QED) is 0.377. The second-order valence-electron chi connectivity index (χ2n) is 7.55. The highest BCUT2D eigenvalue weighted by molar-refractivity contribution is 5.86. The van der Waals surface area contributed by atoms with Crippen molar-refractivity contribution in [2.24, 2.45) is 11.8 Å². The molecule has 0 aromatic carbocycles. The molecule has 0 amide bonds. The number of aromatic carboxylic acids is 1. The first-order chi connectivity index (χ1) is 15.6. The van der Waals surface area contributed by atoms with Gasteiger partial charge in [0.25, 0.3) is 0 Å². The number of anilines is 1. The van der Waals surface area contributed by atoms with Crippen LogP contribution in [0, 0.1) is 11.8 Å². The predicted octanol–water partition coefficient (Wildman–Crippen LogP) is 6.41. The highest BCUT2D eigenvalue weighted by Gasteiger charge is 2.30. The molecule has 6 nitrogen and oxygen atoms in total. The van der Waals surface area contributed by atoms with Crippen LogP contribution in [0.4, 0.5) is 5.95 Å². The van der Waals surface area contributed by atoms with Gasteiger partial charge in [0, 0.05) is 25.5 Å². The maximum Gasteiger partial charge on any atom is 0.338 e. The summed E-state index contributed by atoms with van der Waals surface area (Å²) >= 11 is 0. The van der Waals surface area contributed by atoms with E-state index in [4.69, 9.17) is 5.11 Å². The van der Waals surface area contributed by atoms with Crippen molar-refractivity contribution in [3.05, 3.63) is 67.6 Å². The van der Waals surface area contributed by atoms with E-state index in [0.717, 1.165) is 31.6 Å². The molecule has 0 radical (unpaired) electrons. The number of carboxylic acid groups (broad SMARTS) is 1. The molecule has 0 bridgehead atoms. The van der Waals surface area contributed by atoms with Gasteiger partial charge < -0.3 is 15.3 Å². The van der Waals surface area contributed by atoms with E-state index in [9.17, 15) is 4.79 Å². The van der Waals surface area contributed by atoms with Crippen molar-refractivity contribution in [3.8, 4) is 0 Å². The van der Waals surface area contributed by atoms with E-state index in [0.29, 0.717) is 17.8 Å². The fourth-order valence-corrected chi connectivity index (χ4v) is 2.32. The zero-order valence-corrected chi connectivity index (χ0v) is 22.3. The van der Waals surface area contributed by atoms with Gasteiger partial charge in [-0.15, -0.1) is 13.2 Å². The predicted molar refractivity (Wildman–Crippen MR) is 145 cm³/mol. The van der Waals surface area contributed by atoms with Crippen LogP contribution in [0.3, 0.4) is 0 Å². The number of allylic oxidation sites excluding steroid dienone is 4. The van der Waals surface area contributed by atoms with Crippen LogP contribution in [0.1, 0.15) is 65.2 Å². The topological polar surface area (TPSA) is 78.4 Å². The van der Waals surface area contributed by atoms with E-state index in [1.807, 2.05) is 41.7 Å². The van der Waals surface area contributed by atoms with Crippen LogP contribution < -0.4 is 10.2 Å². The van der Waals surface area contributed by atoms with Gasteiger partial charge in [0.15, 0.2) is 0 Å². The summed E-state index contributed by atoms with van der Waals surface area (Å²) in [5.41, 5.74) is 2.40. The van der Waals surface area contributed by atoms with Gasteiger partial charge in [0.1, 0.15) is 0 Å². The van der Waals surface area contributed by atoms with Crippen molar-refractivity contribution < 1.29 is 9.90 Å². The molecule has 2 rings (SSSR count). The minimum absolute atomic E-state index is 0.123. The van der Waals surface area contributed by atoms with Crippen LogP contribution in [0.5, 0.6) is 0 Å². The van der Waals surface area contributed by atoms with E-state index in [1.54, 1.807) is 12.2 Å². The molecule has 0 aliphatic carbocycles. The molecule has 2 unspecified atom stereocenters. The van der Waals surface area contributed by atoms with Crippen molar-refractivity contribution in [3.63, 3.8) is 0 Å². The molecule has 6 heteroatoms. The standard InChI is InChI=1S/C12H18N4O2.C5H10.C5H8.C3H6.C2H6/c1-8-6-16(7-10(8)3-13-2)12-14-4-9(5-15-12)11(17)18;2*1-4-5(2)3;1-3-2;1-2/h4-5,8,10,13H,3,6-7H2,1-2H3,(H,17,18);2,4H2,1,3H3;4H,1-2H2,3H3;3H,1H2,2H3;1-2H3. The molecular weight excluding hydrogens is 412 g/mol. The zero-order chi connectivity index (χ0) is 26.4. The van der Waals surface area contributed by atoms with Crippen LogP contribution in [-0.4, -0.2) is 47.7 Å². The van der Waals surface area contributed by atoms with Gasteiger partial charge in [-0.2, -0.15) is 0 Å². The van der Waals surface area contributed by atoms with Crippen LogP contribution in [0.2, 0.25) is 0 Å². The molecule has 188 valence electrons. The zero-order valence-electron chi connectivity index (χ0n) is 22.3. The lowest BCUT2D eigenvalue weighted by molar-refractivity contribution is 0.0696. The third-order valence-electron chi connectivity index (χ3n) is 4.35. The maximum absolute atomic E-state index is 10.7. The van der Waals surface area contributed by atoms with E-state index >= 15 is 0 Å². The summed E-state index contributed by atoms with van der Waals surface area (Å²) < 4.78 is 0. The lowest BCUT2D eigenvalue weighted by Gasteiger charge is -2.15. The van der Waals surface area contributed by atoms with Gasteiger partial charge in [-0.25, -0.2) is 14.8 Å². The van der Waals surface area contributed by atoms with Crippen molar-refractivity contribution in [2.45, 2.75) is 54.9 Å². The Morgan fingerprint density at radius 3 is 1.94 bits per heavy atom. The minimum atomic E-state index is -0.996. The molecule has 1 aliphatic heterocycles. The van der Waals surface area contributed by atoms with E-state index in [1.165, 1.54) is 18.0 Å². The highest BCUT2D eigenvalue weighted by atomic mass is 16.4. The van der Waals surface area contributed by atoms with Crippen molar-refractivity contribution in [1.29, 1.82) is 0 Å². The Bertz CT molecular complexity index is 684. The third-order valence-corrected chi connectivity index (χ3v) is 4.35. The van der Waals surface area contributed by atoms with Gasteiger partial charge in [-0.1, -0.05) is 64.2 Å². The lowest BCUT2D eigenvalue weighted by Crippen LogP contribution is -2.26. The van der Waals surface area contributed by atoms with Crippen molar-refractivity contribution >= 4 is 11.9 Å². The van der Waals surface area contributed by atoms with E-state index in [2.05, 4.69) is 60.3 Å². The Morgan fingerprint density at radius 2 is 1.64 bits per heavy atom. The monoisotopic (exact) mass is 460 g/mol. The van der Waals surface area contributed by atoms with Crippen LogP contribution in [-0.2, 0) is 0 Å². The maximum atomic E-state index is 10.7. The Balaban J connectivity index is -0.000000495. The van der Waals surface area contributed by atoms with E-state index in [-0.39, 0.29) is 5.56 Å². The average molecular weight is 461 g/mol. The fourth-order valence-electron chi connectivity index (χ4n) is 2.32. The number of hydrogen-bond acceptors (Lipinski definition) is 5. The van der Waals surface area contributed by atoms with Gasteiger partial charge >= 0.3 is 5.97 Å². The molecule has 2 heterocycles. The van der Waals surface area contributed by atoms with E-state index < -0.39 is 5.97 Å². The largest absolute Gasteiger partial charge is 0.478 e. The number of nitrogens with zero attached hydrogens (tertiary/aromatic N) is 3. The summed E-state index contributed by atoms with van der Waals surface area (Å²) in [7, 11) is 1.95. The Hall–Kier alpha value is -2.73. The van der Waals surface area contributed by atoms with Crippen LogP contribution in [0.15, 0.2) is 62.0 Å². The molecule has 1 fully saturated rings. The first-order valence-electron chi connectivity index (χ1n) is 11.5. The molecular formula is C27H48N4O2. The molecule has 2 N–H and O–H groups in total. The number of carboxylic acids is 1. The summed E-state index contributed by atoms with van der Waals surface area (Å²) in [6.45, 7) is 31.0. The second-order valence-corrected chi connectivity index (χ2v) is 7.55. The number of aromatic nitrogens is 2. The summed E-state index contributed by atoms with van der Waals surface area (Å²) in [6.07, 6.45) is 7.31. The third kappa shape index (κ3) is 18.5. The summed E-state index contributed by atoms with van der Waals surface area (Å²) in [5, 5.41) is 12.0. The minimum Gasteiger partial charge on any atom is -0.478 e. The molecule has 1 aromatic rings. The molecule has 1 aliphatic rings. The molecule has 1 saturated heterocycles. The number of carbonyl (C=O) groups is 1. The molecule has 0 spiro atoms. The highest BCUT2D eigenvalue weighted by Crippen LogP contribution is 2.25. The molecule has 33 heavy (non-hydrogen) atoms. The van der Waals surface area contributed by atoms with Gasteiger partial charge in [0.05, 0.1) is 5.56 Å². The first kappa shape index (κ1) is 34.9. The van der Waals surface area contributed by atoms with Gasteiger partial charge in [-0.05, 0) is 52.6 Å². The Labute approximate surface area is 203 Å². The number of nitrogens with one attached hydrogen (secondary N) is 1. The summed E-state index contributed by atoms with van der Waals surface area (Å²) in [4.78, 5) is 21.1. The Kier molecular flexibility index (Phi) is 23.7. The molecule has 0 saturated carbocycles. The normalized spacial score (nSPS) is 15.5. The van der Waals surface area contributed by atoms with Crippen molar-refractivity contribution in [1.82, 2.24) is 15.3 Å². The van der Waals surface area contributed by atoms with Crippen LogP contribution in [0.25, 0.3) is 0 Å². The second kappa shape index (κ2) is 22.5. The molecule has 2 atom stereocenters. The van der Waals surface area contributed by atoms with Gasteiger partial charge in [0.2, 0.25) is 5.95 Å². The SMILES string of the molecule is C=C(C)CC.C=CC.C=CC(=C)C.CC.CNCC1CN(c2ncc(C(=O)O)cn2)CC1C. The Morgan fingerprint density at radius 1 is 1.21 bits per heavy atom. The van der Waals surface area contributed by atoms with Crippen LogP contribution >= 0.6 is 0 Å². The lowest BCUT2D eigenvalue weighted by atomic mass is 9.98. The van der Waals surface area contributed by atoms with Crippen molar-refractivity contribution in [2.75, 3.05) is 31.6 Å². The molecule has 1 aromatic heterocycles. The smallest absolute Gasteiger partial charge is 0.338 e. The number of hydrogen-bond donors (Lipinski definition) is 2.